The third-order valence-corrected chi connectivity index (χ3v) is 4.41. The van der Waals surface area contributed by atoms with Gasteiger partial charge in [0.15, 0.2) is 11.6 Å². The number of amides is 2. The van der Waals surface area contributed by atoms with E-state index in [-0.39, 0.29) is 42.9 Å². The Balaban J connectivity index is 1.68. The van der Waals surface area contributed by atoms with Crippen LogP contribution in [0, 0.1) is 11.6 Å². The van der Waals surface area contributed by atoms with Crippen LogP contribution in [0.2, 0.25) is 0 Å². The van der Waals surface area contributed by atoms with Gasteiger partial charge < -0.3 is 14.9 Å². The van der Waals surface area contributed by atoms with Crippen LogP contribution >= 0.6 is 0 Å². The molecule has 1 fully saturated rings. The lowest BCUT2D eigenvalue weighted by atomic mass is 10.1. The van der Waals surface area contributed by atoms with Crippen LogP contribution in [-0.4, -0.2) is 58.9 Å². The monoisotopic (exact) mass is 374 g/mol. The first-order chi connectivity index (χ1) is 12.9. The maximum atomic E-state index is 13.3. The number of carbonyl (C=O) groups excluding carboxylic acids is 2. The Kier molecular flexibility index (Phi) is 5.16. The molecule has 3 rings (SSSR count). The molecule has 6 nitrogen and oxygen atoms in total. The van der Waals surface area contributed by atoms with Gasteiger partial charge in [0.1, 0.15) is 0 Å². The number of nitrogens with zero attached hydrogens (tertiary/aromatic N) is 2. The Hall–Kier alpha value is -3.29. The number of aromatic carboxylic acids is 1. The summed E-state index contributed by atoms with van der Waals surface area (Å²) in [6.45, 7) is 0.835. The second-order valence-electron chi connectivity index (χ2n) is 6.06. The minimum Gasteiger partial charge on any atom is -0.478 e. The molecular weight excluding hydrogens is 358 g/mol. The number of piperazine rings is 1. The number of carboxylic acids is 1. The van der Waals surface area contributed by atoms with Crippen molar-refractivity contribution in [2.24, 2.45) is 0 Å². The van der Waals surface area contributed by atoms with Crippen LogP contribution < -0.4 is 0 Å². The average Bonchev–Trinajstić information content (AvgIpc) is 2.69. The fourth-order valence-corrected chi connectivity index (χ4v) is 2.95. The first-order valence-corrected chi connectivity index (χ1v) is 8.24. The van der Waals surface area contributed by atoms with Gasteiger partial charge in [0, 0.05) is 31.7 Å². The predicted molar refractivity (Wildman–Crippen MR) is 91.6 cm³/mol. The van der Waals surface area contributed by atoms with Gasteiger partial charge in [0.05, 0.1) is 11.1 Å². The van der Waals surface area contributed by atoms with Crippen LogP contribution in [0.5, 0.6) is 0 Å². The molecule has 27 heavy (non-hydrogen) atoms. The fraction of sp³-hybridized carbons (Fsp3) is 0.211. The maximum absolute atomic E-state index is 13.3. The van der Waals surface area contributed by atoms with Crippen LogP contribution in [-0.2, 0) is 0 Å². The molecule has 0 saturated carbocycles. The van der Waals surface area contributed by atoms with Gasteiger partial charge in [-0.25, -0.2) is 13.6 Å². The van der Waals surface area contributed by atoms with Crippen molar-refractivity contribution in [3.8, 4) is 0 Å². The Morgan fingerprint density at radius 1 is 0.778 bits per heavy atom. The van der Waals surface area contributed by atoms with Gasteiger partial charge in [-0.05, 0) is 30.3 Å². The van der Waals surface area contributed by atoms with E-state index in [0.29, 0.717) is 0 Å². The zero-order chi connectivity index (χ0) is 19.6. The molecule has 1 aliphatic rings. The number of carboxylic acid groups (broad SMARTS) is 1. The summed E-state index contributed by atoms with van der Waals surface area (Å²) in [7, 11) is 0. The van der Waals surface area contributed by atoms with Crippen molar-refractivity contribution >= 4 is 17.8 Å². The van der Waals surface area contributed by atoms with Crippen LogP contribution in [0.4, 0.5) is 8.78 Å². The van der Waals surface area contributed by atoms with Gasteiger partial charge in [-0.15, -0.1) is 0 Å². The summed E-state index contributed by atoms with van der Waals surface area (Å²) in [6, 6.07) is 8.88. The molecule has 0 aliphatic carbocycles. The summed E-state index contributed by atoms with van der Waals surface area (Å²) in [5.74, 6) is -4.19. The first-order valence-electron chi connectivity index (χ1n) is 8.24. The highest BCUT2D eigenvalue weighted by atomic mass is 19.2. The minimum atomic E-state index is -1.19. The van der Waals surface area contributed by atoms with Gasteiger partial charge in [0.25, 0.3) is 11.8 Å². The summed E-state index contributed by atoms with van der Waals surface area (Å²) < 4.78 is 26.3. The van der Waals surface area contributed by atoms with Crippen molar-refractivity contribution < 1.29 is 28.3 Å². The van der Waals surface area contributed by atoms with E-state index in [4.69, 9.17) is 0 Å². The molecule has 0 spiro atoms. The van der Waals surface area contributed by atoms with Gasteiger partial charge in [-0.3, -0.25) is 9.59 Å². The Morgan fingerprint density at radius 3 is 1.89 bits per heavy atom. The van der Waals surface area contributed by atoms with Crippen molar-refractivity contribution in [3.63, 3.8) is 0 Å². The summed E-state index contributed by atoms with van der Waals surface area (Å²) >= 11 is 0. The van der Waals surface area contributed by atoms with Crippen molar-refractivity contribution in [1.82, 2.24) is 9.80 Å². The number of carbonyl (C=O) groups is 3. The van der Waals surface area contributed by atoms with Crippen molar-refractivity contribution in [2.45, 2.75) is 0 Å². The van der Waals surface area contributed by atoms with E-state index in [2.05, 4.69) is 0 Å². The van der Waals surface area contributed by atoms with Crippen molar-refractivity contribution in [1.29, 1.82) is 0 Å². The molecule has 1 aliphatic heterocycles. The molecule has 1 saturated heterocycles. The van der Waals surface area contributed by atoms with Crippen LogP contribution in [0.3, 0.4) is 0 Å². The largest absolute Gasteiger partial charge is 0.478 e. The Labute approximate surface area is 153 Å². The topological polar surface area (TPSA) is 77.9 Å². The number of hydrogen-bond acceptors (Lipinski definition) is 3. The van der Waals surface area contributed by atoms with Crippen LogP contribution in [0.25, 0.3) is 0 Å². The number of hydrogen-bond donors (Lipinski definition) is 1. The van der Waals surface area contributed by atoms with Gasteiger partial charge in [-0.1, -0.05) is 12.1 Å². The summed E-state index contributed by atoms with van der Waals surface area (Å²) in [5.41, 5.74) is 0.0399. The summed E-state index contributed by atoms with van der Waals surface area (Å²) in [5, 5.41) is 9.21. The van der Waals surface area contributed by atoms with E-state index < -0.39 is 29.4 Å². The Morgan fingerprint density at radius 2 is 1.33 bits per heavy atom. The molecule has 1 heterocycles. The zero-order valence-corrected chi connectivity index (χ0v) is 14.2. The lowest BCUT2D eigenvalue weighted by molar-refractivity contribution is 0.0531. The highest BCUT2D eigenvalue weighted by molar-refractivity contribution is 6.04. The number of rotatable bonds is 3. The molecule has 140 valence electrons. The zero-order valence-electron chi connectivity index (χ0n) is 14.2. The van der Waals surface area contributed by atoms with Gasteiger partial charge in [0.2, 0.25) is 0 Å². The van der Waals surface area contributed by atoms with E-state index in [1.54, 1.807) is 12.1 Å². The van der Waals surface area contributed by atoms with E-state index in [0.717, 1.165) is 12.1 Å². The van der Waals surface area contributed by atoms with Crippen LogP contribution in [0.1, 0.15) is 31.1 Å². The molecular formula is C19H16F2N2O4. The van der Waals surface area contributed by atoms with Crippen molar-refractivity contribution in [3.05, 3.63) is 70.8 Å². The van der Waals surface area contributed by atoms with E-state index in [1.807, 2.05) is 0 Å². The molecule has 2 aromatic rings. The lowest BCUT2D eigenvalue weighted by Gasteiger charge is -2.35. The molecule has 0 aromatic heterocycles. The maximum Gasteiger partial charge on any atom is 0.336 e. The molecule has 0 unspecified atom stereocenters. The third kappa shape index (κ3) is 3.79. The second kappa shape index (κ2) is 7.53. The fourth-order valence-electron chi connectivity index (χ4n) is 2.95. The SMILES string of the molecule is O=C(O)c1ccccc1C(=O)N1CCN(C(=O)c2ccc(F)c(F)c2)CC1. The standard InChI is InChI=1S/C19H16F2N2O4/c20-15-6-5-12(11-16(15)21)17(24)22-7-9-23(10-8-22)18(25)13-3-1-2-4-14(13)19(26)27/h1-6,11H,7-10H2,(H,26,27). The van der Waals surface area contributed by atoms with Gasteiger partial charge >= 0.3 is 5.97 Å². The smallest absolute Gasteiger partial charge is 0.336 e. The average molecular weight is 374 g/mol. The molecule has 0 atom stereocenters. The summed E-state index contributed by atoms with van der Waals surface area (Å²) in [6.07, 6.45) is 0. The highest BCUT2D eigenvalue weighted by Crippen LogP contribution is 2.16. The molecule has 2 aromatic carbocycles. The second-order valence-corrected chi connectivity index (χ2v) is 6.06. The quantitative estimate of drug-likeness (QED) is 0.894. The van der Waals surface area contributed by atoms with E-state index >= 15 is 0 Å². The normalized spacial score (nSPS) is 14.1. The highest BCUT2D eigenvalue weighted by Gasteiger charge is 2.27. The van der Waals surface area contributed by atoms with E-state index in [9.17, 15) is 28.3 Å². The lowest BCUT2D eigenvalue weighted by Crippen LogP contribution is -2.50. The molecule has 8 heteroatoms. The minimum absolute atomic E-state index is 0.0323. The molecule has 0 radical (unpaired) electrons. The van der Waals surface area contributed by atoms with Gasteiger partial charge in [-0.2, -0.15) is 0 Å². The first kappa shape index (κ1) is 18.5. The van der Waals surface area contributed by atoms with E-state index in [1.165, 1.54) is 28.0 Å². The summed E-state index contributed by atoms with van der Waals surface area (Å²) in [4.78, 5) is 39.2. The molecule has 0 bridgehead atoms. The molecule has 1 N–H and O–H groups in total. The Bertz CT molecular complexity index is 908. The predicted octanol–water partition coefficient (Wildman–Crippen LogP) is 2.26. The van der Waals surface area contributed by atoms with Crippen LogP contribution in [0.15, 0.2) is 42.5 Å². The number of halogens is 2. The molecule has 2 amide bonds. The third-order valence-electron chi connectivity index (χ3n) is 4.41. The number of benzene rings is 2. The van der Waals surface area contributed by atoms with Crippen molar-refractivity contribution in [2.75, 3.05) is 26.2 Å².